The van der Waals surface area contributed by atoms with Crippen LogP contribution in [-0.4, -0.2) is 89.1 Å². The summed E-state index contributed by atoms with van der Waals surface area (Å²) in [5, 5.41) is 25.3. The summed E-state index contributed by atoms with van der Waals surface area (Å²) in [7, 11) is 0. The number of carboxylic acids is 1. The molecule has 0 aliphatic rings. The van der Waals surface area contributed by atoms with Crippen molar-refractivity contribution in [3.8, 4) is 0 Å². The van der Waals surface area contributed by atoms with E-state index in [2.05, 4.69) is 16.0 Å². The highest BCUT2D eigenvalue weighted by Gasteiger charge is 2.30. The SMILES string of the molecule is CSCCC(NC(=O)C(CCC(N)=O)NC(=O)C(N)CCCCN)C(=O)NC(CO)C(=O)O. The number of aliphatic hydroxyl groups is 1. The molecule has 0 fully saturated rings. The maximum absolute atomic E-state index is 12.9. The van der Waals surface area contributed by atoms with Crippen LogP contribution in [-0.2, 0) is 24.0 Å². The van der Waals surface area contributed by atoms with Gasteiger partial charge in [-0.25, -0.2) is 4.79 Å². The number of unbranched alkanes of at least 4 members (excludes halogenated alkanes) is 1. The minimum atomic E-state index is -1.54. The number of primary amides is 1. The van der Waals surface area contributed by atoms with E-state index in [0.29, 0.717) is 31.6 Å². The number of hydrogen-bond acceptors (Lipinski definition) is 9. The quantitative estimate of drug-likeness (QED) is 0.0901. The van der Waals surface area contributed by atoms with Crippen LogP contribution in [0, 0.1) is 0 Å². The third-order valence-corrected chi connectivity index (χ3v) is 5.30. The Morgan fingerprint density at radius 3 is 1.91 bits per heavy atom. The Balaban J connectivity index is 5.35. The van der Waals surface area contributed by atoms with E-state index in [1.807, 2.05) is 0 Å². The molecular weight excluding hydrogens is 456 g/mol. The number of thioether (sulfide) groups is 1. The van der Waals surface area contributed by atoms with Gasteiger partial charge in [-0.3, -0.25) is 19.2 Å². The summed E-state index contributed by atoms with van der Waals surface area (Å²) in [6.45, 7) is -0.375. The zero-order valence-corrected chi connectivity index (χ0v) is 19.6. The first-order valence-electron chi connectivity index (χ1n) is 10.5. The molecule has 0 aromatic carbocycles. The van der Waals surface area contributed by atoms with Gasteiger partial charge >= 0.3 is 5.97 Å². The summed E-state index contributed by atoms with van der Waals surface area (Å²) in [6, 6.07) is -4.76. The lowest BCUT2D eigenvalue weighted by Crippen LogP contribution is -2.57. The second kappa shape index (κ2) is 17.1. The molecule has 33 heavy (non-hydrogen) atoms. The van der Waals surface area contributed by atoms with E-state index in [-0.39, 0.29) is 19.3 Å². The fraction of sp³-hybridized carbons (Fsp3) is 0.737. The van der Waals surface area contributed by atoms with Crippen molar-refractivity contribution >= 4 is 41.4 Å². The van der Waals surface area contributed by atoms with E-state index in [9.17, 15) is 24.0 Å². The number of carboxylic acid groups (broad SMARTS) is 1. The predicted octanol–water partition coefficient (Wildman–Crippen LogP) is -3.01. The minimum Gasteiger partial charge on any atom is -0.480 e. The lowest BCUT2D eigenvalue weighted by atomic mass is 10.1. The van der Waals surface area contributed by atoms with Crippen LogP contribution in [0.1, 0.15) is 38.5 Å². The van der Waals surface area contributed by atoms with Crippen molar-refractivity contribution in [2.75, 3.05) is 25.2 Å². The van der Waals surface area contributed by atoms with Gasteiger partial charge in [0.05, 0.1) is 12.6 Å². The monoisotopic (exact) mass is 492 g/mol. The number of rotatable bonds is 18. The van der Waals surface area contributed by atoms with Gasteiger partial charge < -0.3 is 43.4 Å². The van der Waals surface area contributed by atoms with Crippen LogP contribution in [0.5, 0.6) is 0 Å². The average molecular weight is 493 g/mol. The number of nitrogens with one attached hydrogen (secondary N) is 3. The van der Waals surface area contributed by atoms with E-state index in [1.54, 1.807) is 6.26 Å². The first-order valence-corrected chi connectivity index (χ1v) is 11.9. The van der Waals surface area contributed by atoms with Crippen molar-refractivity contribution in [2.45, 2.75) is 62.7 Å². The van der Waals surface area contributed by atoms with Crippen LogP contribution in [0.15, 0.2) is 0 Å². The largest absolute Gasteiger partial charge is 0.480 e. The fourth-order valence-electron chi connectivity index (χ4n) is 2.71. The molecule has 0 radical (unpaired) electrons. The molecule has 0 heterocycles. The van der Waals surface area contributed by atoms with Crippen molar-refractivity contribution in [2.24, 2.45) is 17.2 Å². The predicted molar refractivity (Wildman–Crippen MR) is 123 cm³/mol. The summed E-state index contributed by atoms with van der Waals surface area (Å²) in [5.74, 6) is -3.82. The van der Waals surface area contributed by atoms with E-state index in [0.717, 1.165) is 0 Å². The Kier molecular flexibility index (Phi) is 15.9. The minimum absolute atomic E-state index is 0.117. The van der Waals surface area contributed by atoms with Crippen molar-refractivity contribution in [1.82, 2.24) is 16.0 Å². The van der Waals surface area contributed by atoms with Gasteiger partial charge in [0, 0.05) is 6.42 Å². The maximum atomic E-state index is 12.9. The summed E-state index contributed by atoms with van der Waals surface area (Å²) in [4.78, 5) is 60.1. The second-order valence-electron chi connectivity index (χ2n) is 7.38. The topological polar surface area (TPSA) is 240 Å². The molecule has 14 heteroatoms. The Bertz CT molecular complexity index is 667. The van der Waals surface area contributed by atoms with Gasteiger partial charge in [-0.05, 0) is 44.2 Å². The lowest BCUT2D eigenvalue weighted by Gasteiger charge is -2.24. The number of carbonyl (C=O) groups excluding carboxylic acids is 4. The number of nitrogens with two attached hydrogens (primary N) is 3. The molecule has 13 nitrogen and oxygen atoms in total. The number of carbonyl (C=O) groups is 5. The Labute approximate surface area is 196 Å². The molecule has 0 rings (SSSR count). The van der Waals surface area contributed by atoms with Crippen molar-refractivity contribution in [3.63, 3.8) is 0 Å². The molecular formula is C19H36N6O7S. The summed E-state index contributed by atoms with van der Waals surface area (Å²) >= 11 is 1.40. The number of aliphatic carboxylic acids is 1. The van der Waals surface area contributed by atoms with Gasteiger partial charge in [0.1, 0.15) is 18.1 Å². The normalized spacial score (nSPS) is 14.4. The van der Waals surface area contributed by atoms with Gasteiger partial charge in [0.2, 0.25) is 23.6 Å². The molecule has 0 aliphatic carbocycles. The summed E-state index contributed by atoms with van der Waals surface area (Å²) < 4.78 is 0. The molecule has 0 saturated carbocycles. The van der Waals surface area contributed by atoms with E-state index in [1.165, 1.54) is 11.8 Å². The van der Waals surface area contributed by atoms with Crippen LogP contribution < -0.4 is 33.2 Å². The first kappa shape index (κ1) is 30.6. The van der Waals surface area contributed by atoms with Crippen LogP contribution in [0.3, 0.4) is 0 Å². The number of amides is 4. The first-order chi connectivity index (χ1) is 15.6. The van der Waals surface area contributed by atoms with Crippen molar-refractivity contribution < 1.29 is 34.2 Å². The summed E-state index contributed by atoms with van der Waals surface area (Å²) in [6.07, 6.45) is 3.28. The number of hydrogen-bond donors (Lipinski definition) is 8. The van der Waals surface area contributed by atoms with Crippen LogP contribution in [0.4, 0.5) is 0 Å². The van der Waals surface area contributed by atoms with Gasteiger partial charge in [0.15, 0.2) is 0 Å². The molecule has 0 spiro atoms. The average Bonchev–Trinajstić information content (AvgIpc) is 2.76. The smallest absolute Gasteiger partial charge is 0.328 e. The molecule has 0 bridgehead atoms. The van der Waals surface area contributed by atoms with Crippen LogP contribution in [0.25, 0.3) is 0 Å². The molecule has 11 N–H and O–H groups in total. The third kappa shape index (κ3) is 13.0. The highest BCUT2D eigenvalue weighted by Crippen LogP contribution is 2.06. The molecule has 0 aromatic rings. The second-order valence-corrected chi connectivity index (χ2v) is 8.37. The maximum Gasteiger partial charge on any atom is 0.328 e. The van der Waals surface area contributed by atoms with E-state index in [4.69, 9.17) is 27.4 Å². The van der Waals surface area contributed by atoms with Crippen LogP contribution in [0.2, 0.25) is 0 Å². The van der Waals surface area contributed by atoms with E-state index >= 15 is 0 Å². The van der Waals surface area contributed by atoms with Gasteiger partial charge in [-0.2, -0.15) is 11.8 Å². The van der Waals surface area contributed by atoms with E-state index < -0.39 is 60.4 Å². The van der Waals surface area contributed by atoms with Gasteiger partial charge in [-0.1, -0.05) is 6.42 Å². The zero-order chi connectivity index (χ0) is 25.4. The highest BCUT2D eigenvalue weighted by molar-refractivity contribution is 7.98. The third-order valence-electron chi connectivity index (χ3n) is 4.66. The van der Waals surface area contributed by atoms with Crippen molar-refractivity contribution in [1.29, 1.82) is 0 Å². The molecule has 4 unspecified atom stereocenters. The molecule has 4 amide bonds. The Morgan fingerprint density at radius 2 is 1.42 bits per heavy atom. The standard InChI is InChI=1S/C19H36N6O7S/c1-33-9-7-13(18(30)25-14(10-26)19(31)32)24-17(29)12(5-6-15(22)27)23-16(28)11(21)4-2-3-8-20/h11-14,26H,2-10,20-21H2,1H3,(H2,22,27)(H,23,28)(H,24,29)(H,25,30)(H,31,32). The molecule has 0 aliphatic heterocycles. The molecule has 190 valence electrons. The number of aliphatic hydroxyl groups excluding tert-OH is 1. The molecule has 4 atom stereocenters. The van der Waals surface area contributed by atoms with Crippen molar-refractivity contribution in [3.05, 3.63) is 0 Å². The van der Waals surface area contributed by atoms with Gasteiger partial charge in [0.25, 0.3) is 0 Å². The molecule has 0 saturated heterocycles. The zero-order valence-electron chi connectivity index (χ0n) is 18.7. The Morgan fingerprint density at radius 1 is 0.879 bits per heavy atom. The summed E-state index contributed by atoms with van der Waals surface area (Å²) in [5.41, 5.74) is 16.4. The van der Waals surface area contributed by atoms with Crippen LogP contribution >= 0.6 is 11.8 Å². The molecule has 0 aromatic heterocycles. The van der Waals surface area contributed by atoms with Gasteiger partial charge in [-0.15, -0.1) is 0 Å². The lowest BCUT2D eigenvalue weighted by molar-refractivity contribution is -0.143. The Hall–Kier alpha value is -2.42. The fourth-order valence-corrected chi connectivity index (χ4v) is 3.18. The highest BCUT2D eigenvalue weighted by atomic mass is 32.2.